The van der Waals surface area contributed by atoms with E-state index in [9.17, 15) is 4.79 Å². The Morgan fingerprint density at radius 2 is 1.86 bits per heavy atom. The molecule has 0 bridgehead atoms. The van der Waals surface area contributed by atoms with Crippen molar-refractivity contribution in [1.82, 2.24) is 14.8 Å². The van der Waals surface area contributed by atoms with E-state index in [0.29, 0.717) is 18.3 Å². The van der Waals surface area contributed by atoms with Gasteiger partial charge in [0.1, 0.15) is 5.75 Å². The summed E-state index contributed by atoms with van der Waals surface area (Å²) in [6, 6.07) is 16.3. The number of rotatable bonds is 7. The second-order valence-corrected chi connectivity index (χ2v) is 8.20. The molecular weight excluding hydrogens is 384 g/mol. The number of amides is 1. The van der Waals surface area contributed by atoms with Crippen LogP contribution in [-0.2, 0) is 11.3 Å². The second-order valence-electron chi connectivity index (χ2n) is 7.17. The summed E-state index contributed by atoms with van der Waals surface area (Å²) < 4.78 is 6.55. The highest BCUT2D eigenvalue weighted by Crippen LogP contribution is 2.29. The number of hydrogen-bond acceptors (Lipinski definition) is 6. The van der Waals surface area contributed by atoms with Gasteiger partial charge in [-0.15, -0.1) is 0 Å². The van der Waals surface area contributed by atoms with E-state index in [1.165, 1.54) is 16.9 Å². The lowest BCUT2D eigenvalue weighted by Gasteiger charge is -2.34. The van der Waals surface area contributed by atoms with Crippen molar-refractivity contribution in [2.24, 2.45) is 0 Å². The van der Waals surface area contributed by atoms with E-state index < -0.39 is 0 Å². The molecule has 1 aliphatic rings. The summed E-state index contributed by atoms with van der Waals surface area (Å²) in [7, 11) is 0. The Hall–Kier alpha value is -2.48. The molecule has 0 atom stereocenters. The molecule has 1 saturated heterocycles. The third-order valence-corrected chi connectivity index (χ3v) is 5.93. The molecule has 0 radical (unpaired) electrons. The second kappa shape index (κ2) is 9.35. The Labute approximate surface area is 175 Å². The smallest absolute Gasteiger partial charge is 0.240 e. The van der Waals surface area contributed by atoms with Crippen LogP contribution in [0.25, 0.3) is 10.2 Å². The lowest BCUT2D eigenvalue weighted by molar-refractivity contribution is -0.117. The predicted octanol–water partition coefficient (Wildman–Crippen LogP) is 3.45. The molecule has 1 aliphatic heterocycles. The largest absolute Gasteiger partial charge is 0.494 e. The first-order chi connectivity index (χ1) is 14.2. The molecule has 6 nitrogen and oxygen atoms in total. The molecule has 1 amide bonds. The van der Waals surface area contributed by atoms with Gasteiger partial charge in [0.15, 0.2) is 5.13 Å². The Morgan fingerprint density at radius 1 is 1.10 bits per heavy atom. The topological polar surface area (TPSA) is 57.7 Å². The fourth-order valence-electron chi connectivity index (χ4n) is 3.52. The van der Waals surface area contributed by atoms with Crippen LogP contribution in [0.1, 0.15) is 12.5 Å². The first kappa shape index (κ1) is 19.8. The van der Waals surface area contributed by atoms with Gasteiger partial charge in [0.25, 0.3) is 0 Å². The number of nitrogens with zero attached hydrogens (tertiary/aromatic N) is 3. The number of piperazine rings is 1. The maximum atomic E-state index is 12.5. The van der Waals surface area contributed by atoms with E-state index in [1.807, 2.05) is 31.2 Å². The minimum atomic E-state index is -0.00871. The third-order valence-electron chi connectivity index (χ3n) is 5.00. The minimum Gasteiger partial charge on any atom is -0.494 e. The van der Waals surface area contributed by atoms with Crippen LogP contribution in [0.5, 0.6) is 5.75 Å². The number of aromatic nitrogens is 1. The Bertz CT molecular complexity index is 952. The molecule has 29 heavy (non-hydrogen) atoms. The van der Waals surface area contributed by atoms with Crippen molar-refractivity contribution >= 4 is 32.6 Å². The van der Waals surface area contributed by atoms with Crippen LogP contribution in [0.3, 0.4) is 0 Å². The molecule has 1 aromatic heterocycles. The predicted molar refractivity (Wildman–Crippen MR) is 118 cm³/mol. The molecule has 0 spiro atoms. The third kappa shape index (κ3) is 5.32. The van der Waals surface area contributed by atoms with E-state index in [4.69, 9.17) is 4.74 Å². The van der Waals surface area contributed by atoms with E-state index in [0.717, 1.165) is 48.7 Å². The van der Waals surface area contributed by atoms with Crippen LogP contribution in [-0.4, -0.2) is 60.0 Å². The molecule has 4 rings (SSSR count). The van der Waals surface area contributed by atoms with Crippen molar-refractivity contribution in [1.29, 1.82) is 0 Å². The summed E-state index contributed by atoms with van der Waals surface area (Å²) >= 11 is 1.48. The number of anilines is 1. The van der Waals surface area contributed by atoms with Crippen LogP contribution in [0.2, 0.25) is 0 Å². The zero-order chi connectivity index (χ0) is 20.1. The number of ether oxygens (including phenoxy) is 1. The molecular formula is C22H26N4O2S. The van der Waals surface area contributed by atoms with Crippen molar-refractivity contribution in [3.8, 4) is 5.75 Å². The highest BCUT2D eigenvalue weighted by atomic mass is 32.1. The van der Waals surface area contributed by atoms with E-state index >= 15 is 0 Å². The number of hydrogen-bond donors (Lipinski definition) is 1. The molecule has 0 unspecified atom stereocenters. The lowest BCUT2D eigenvalue weighted by Crippen LogP contribution is -2.48. The van der Waals surface area contributed by atoms with Gasteiger partial charge in [0, 0.05) is 32.7 Å². The lowest BCUT2D eigenvalue weighted by atomic mass is 10.2. The molecule has 7 heteroatoms. The van der Waals surface area contributed by atoms with Gasteiger partial charge in [0.2, 0.25) is 5.91 Å². The average Bonchev–Trinajstić information content (AvgIpc) is 3.12. The number of nitrogens with one attached hydrogen (secondary N) is 1. The summed E-state index contributed by atoms with van der Waals surface area (Å²) in [6.45, 7) is 7.72. The van der Waals surface area contributed by atoms with Crippen LogP contribution in [0, 0.1) is 0 Å². The quantitative estimate of drug-likeness (QED) is 0.647. The summed E-state index contributed by atoms with van der Waals surface area (Å²) in [5.74, 6) is 0.820. The van der Waals surface area contributed by atoms with Gasteiger partial charge >= 0.3 is 0 Å². The van der Waals surface area contributed by atoms with Gasteiger partial charge in [-0.1, -0.05) is 41.7 Å². The maximum absolute atomic E-state index is 12.5. The molecule has 3 aromatic rings. The number of carbonyl (C=O) groups is 1. The summed E-state index contributed by atoms with van der Waals surface area (Å²) in [4.78, 5) is 21.6. The minimum absolute atomic E-state index is 0.00871. The van der Waals surface area contributed by atoms with Gasteiger partial charge in [-0.05, 0) is 30.7 Å². The molecule has 1 fully saturated rings. The van der Waals surface area contributed by atoms with Gasteiger partial charge in [-0.25, -0.2) is 4.98 Å². The summed E-state index contributed by atoms with van der Waals surface area (Å²) in [5.41, 5.74) is 2.21. The SMILES string of the molecule is CCOc1ccc2nc(NC(=O)CN3CCN(Cc4ccccc4)CC3)sc2c1. The fourth-order valence-corrected chi connectivity index (χ4v) is 4.43. The highest BCUT2D eigenvalue weighted by molar-refractivity contribution is 7.22. The zero-order valence-corrected chi connectivity index (χ0v) is 17.5. The number of benzene rings is 2. The van der Waals surface area contributed by atoms with Gasteiger partial charge in [-0.3, -0.25) is 14.6 Å². The molecule has 0 aliphatic carbocycles. The first-order valence-electron chi connectivity index (χ1n) is 10.0. The fraction of sp³-hybridized carbons (Fsp3) is 0.364. The summed E-state index contributed by atoms with van der Waals surface area (Å²) in [6.07, 6.45) is 0. The number of fused-ring (bicyclic) bond motifs is 1. The van der Waals surface area contributed by atoms with Crippen LogP contribution in [0.15, 0.2) is 48.5 Å². The molecule has 2 aromatic carbocycles. The van der Waals surface area contributed by atoms with Crippen molar-refractivity contribution in [3.05, 3.63) is 54.1 Å². The van der Waals surface area contributed by atoms with Crippen molar-refractivity contribution in [3.63, 3.8) is 0 Å². The van der Waals surface area contributed by atoms with Crippen molar-refractivity contribution < 1.29 is 9.53 Å². The highest BCUT2D eigenvalue weighted by Gasteiger charge is 2.19. The molecule has 2 heterocycles. The van der Waals surface area contributed by atoms with Crippen molar-refractivity contribution in [2.75, 3.05) is 44.6 Å². The monoisotopic (exact) mass is 410 g/mol. The maximum Gasteiger partial charge on any atom is 0.240 e. The van der Waals surface area contributed by atoms with Gasteiger partial charge in [-0.2, -0.15) is 0 Å². The van der Waals surface area contributed by atoms with Gasteiger partial charge in [0.05, 0.1) is 23.4 Å². The number of thiazole rings is 1. The molecule has 152 valence electrons. The van der Waals surface area contributed by atoms with E-state index in [1.54, 1.807) is 0 Å². The van der Waals surface area contributed by atoms with E-state index in [2.05, 4.69) is 44.4 Å². The Balaban J connectivity index is 1.26. The van der Waals surface area contributed by atoms with Gasteiger partial charge < -0.3 is 10.1 Å². The Morgan fingerprint density at radius 3 is 2.62 bits per heavy atom. The van der Waals surface area contributed by atoms with Crippen LogP contribution >= 0.6 is 11.3 Å². The standard InChI is InChI=1S/C22H26N4O2S/c1-2-28-18-8-9-19-20(14-18)29-22(23-19)24-21(27)16-26-12-10-25(11-13-26)15-17-6-4-3-5-7-17/h3-9,14H,2,10-13,15-16H2,1H3,(H,23,24,27). The zero-order valence-electron chi connectivity index (χ0n) is 16.6. The van der Waals surface area contributed by atoms with Crippen LogP contribution < -0.4 is 10.1 Å². The summed E-state index contributed by atoms with van der Waals surface area (Å²) in [5, 5.41) is 3.59. The number of carbonyl (C=O) groups excluding carboxylic acids is 1. The Kier molecular flexibility index (Phi) is 6.39. The van der Waals surface area contributed by atoms with Crippen LogP contribution in [0.4, 0.5) is 5.13 Å². The average molecular weight is 411 g/mol. The molecule has 0 saturated carbocycles. The normalized spacial score (nSPS) is 15.5. The van der Waals surface area contributed by atoms with Crippen molar-refractivity contribution in [2.45, 2.75) is 13.5 Å². The van der Waals surface area contributed by atoms with E-state index in [-0.39, 0.29) is 5.91 Å². The molecule has 1 N–H and O–H groups in total. The first-order valence-corrected chi connectivity index (χ1v) is 10.8.